The van der Waals surface area contributed by atoms with Gasteiger partial charge in [0.15, 0.2) is 0 Å². The number of esters is 1. The second-order valence-corrected chi connectivity index (χ2v) is 8.06. The second-order valence-electron chi connectivity index (χ2n) is 5.57. The lowest BCUT2D eigenvalue weighted by Gasteiger charge is -2.16. The fraction of sp³-hybridized carbons (Fsp3) is 0.235. The summed E-state index contributed by atoms with van der Waals surface area (Å²) >= 11 is 5.71. The van der Waals surface area contributed by atoms with Crippen LogP contribution in [0.15, 0.2) is 53.4 Å². The zero-order chi connectivity index (χ0) is 20.2. The number of hydrogen-bond donors (Lipinski definition) is 0. The van der Waals surface area contributed by atoms with Crippen LogP contribution in [0.2, 0.25) is 5.02 Å². The Morgan fingerprint density at radius 1 is 1.15 bits per heavy atom. The van der Waals surface area contributed by atoms with E-state index in [1.165, 1.54) is 43.4 Å². The molecular weight excluding hydrogens is 407 g/mol. The van der Waals surface area contributed by atoms with Crippen molar-refractivity contribution >= 4 is 27.6 Å². The van der Waals surface area contributed by atoms with Crippen LogP contribution >= 0.6 is 11.6 Å². The van der Waals surface area contributed by atoms with Gasteiger partial charge in [-0.2, -0.15) is 17.5 Å². The summed E-state index contributed by atoms with van der Waals surface area (Å²) in [6, 6.07) is 9.71. The summed E-state index contributed by atoms with van der Waals surface area (Å²) in [7, 11) is -2.74. The highest BCUT2D eigenvalue weighted by atomic mass is 35.5. The van der Waals surface area contributed by atoms with Crippen LogP contribution in [0.1, 0.15) is 11.1 Å². The van der Waals surface area contributed by atoms with Crippen LogP contribution in [-0.4, -0.2) is 32.3 Å². The number of benzene rings is 2. The number of carbonyl (C=O) groups is 1. The molecule has 0 amide bonds. The van der Waals surface area contributed by atoms with Gasteiger partial charge in [-0.05, 0) is 42.0 Å². The average Bonchev–Trinajstić information content (AvgIpc) is 2.60. The molecule has 0 atom stereocenters. The standard InChI is InChI=1S/C17H15ClF3NO4S/c1-22(27(24,25)15-7-5-14(18)6-8-15)10-16(23)26-11-12-3-2-4-13(9-12)17(19,20)21/h2-9H,10-11H2,1H3. The molecule has 0 aliphatic rings. The number of carbonyl (C=O) groups excluding carboxylic acids is 1. The molecule has 0 aliphatic carbocycles. The van der Waals surface area contributed by atoms with Gasteiger partial charge in [0.05, 0.1) is 10.5 Å². The van der Waals surface area contributed by atoms with Gasteiger partial charge in [-0.15, -0.1) is 0 Å². The molecule has 0 aromatic heterocycles. The van der Waals surface area contributed by atoms with E-state index >= 15 is 0 Å². The van der Waals surface area contributed by atoms with Crippen LogP contribution in [0.25, 0.3) is 0 Å². The Morgan fingerprint density at radius 2 is 1.78 bits per heavy atom. The van der Waals surface area contributed by atoms with Crippen molar-refractivity contribution in [2.24, 2.45) is 0 Å². The SMILES string of the molecule is CN(CC(=O)OCc1cccc(C(F)(F)F)c1)S(=O)(=O)c1ccc(Cl)cc1. The van der Waals surface area contributed by atoms with E-state index in [0.29, 0.717) is 5.02 Å². The molecule has 0 N–H and O–H groups in total. The molecule has 0 saturated heterocycles. The molecule has 0 fully saturated rings. The summed E-state index contributed by atoms with van der Waals surface area (Å²) in [5, 5.41) is 0.358. The van der Waals surface area contributed by atoms with Gasteiger partial charge in [0.25, 0.3) is 0 Å². The molecule has 0 radical (unpaired) electrons. The van der Waals surface area contributed by atoms with E-state index in [-0.39, 0.29) is 10.5 Å². The Bertz CT molecular complexity index is 915. The molecule has 0 saturated carbocycles. The number of ether oxygens (including phenoxy) is 1. The Morgan fingerprint density at radius 3 is 2.37 bits per heavy atom. The Hall–Kier alpha value is -2.10. The topological polar surface area (TPSA) is 63.7 Å². The van der Waals surface area contributed by atoms with E-state index in [2.05, 4.69) is 0 Å². The molecule has 146 valence electrons. The molecule has 27 heavy (non-hydrogen) atoms. The van der Waals surface area contributed by atoms with Gasteiger partial charge in [0, 0.05) is 12.1 Å². The smallest absolute Gasteiger partial charge is 0.416 e. The molecule has 10 heteroatoms. The fourth-order valence-electron chi connectivity index (χ4n) is 2.10. The molecule has 0 spiro atoms. The predicted molar refractivity (Wildman–Crippen MR) is 92.5 cm³/mol. The zero-order valence-corrected chi connectivity index (χ0v) is 15.6. The van der Waals surface area contributed by atoms with Crippen LogP contribution in [0.3, 0.4) is 0 Å². The summed E-state index contributed by atoms with van der Waals surface area (Å²) in [6.45, 7) is -0.999. The number of likely N-dealkylation sites (N-methyl/N-ethyl adjacent to an activating group) is 1. The van der Waals surface area contributed by atoms with E-state index in [0.717, 1.165) is 16.4 Å². The number of halogens is 4. The Kier molecular flexibility index (Phi) is 6.50. The minimum absolute atomic E-state index is 0.0555. The highest BCUT2D eigenvalue weighted by Crippen LogP contribution is 2.29. The largest absolute Gasteiger partial charge is 0.460 e. The number of alkyl halides is 3. The lowest BCUT2D eigenvalue weighted by Crippen LogP contribution is -2.33. The van der Waals surface area contributed by atoms with Crippen molar-refractivity contribution in [2.45, 2.75) is 17.7 Å². The first-order valence-electron chi connectivity index (χ1n) is 7.54. The molecule has 2 aromatic carbocycles. The third kappa shape index (κ3) is 5.69. The van der Waals surface area contributed by atoms with Gasteiger partial charge in [-0.3, -0.25) is 4.79 Å². The maximum Gasteiger partial charge on any atom is 0.416 e. The highest BCUT2D eigenvalue weighted by molar-refractivity contribution is 7.89. The van der Waals surface area contributed by atoms with Crippen molar-refractivity contribution < 1.29 is 31.1 Å². The molecule has 2 rings (SSSR count). The summed E-state index contributed by atoms with van der Waals surface area (Å²) in [4.78, 5) is 11.8. The summed E-state index contributed by atoms with van der Waals surface area (Å²) in [5.41, 5.74) is -0.722. The van der Waals surface area contributed by atoms with E-state index in [1.54, 1.807) is 0 Å². The molecule has 0 heterocycles. The van der Waals surface area contributed by atoms with Crippen molar-refractivity contribution in [1.29, 1.82) is 0 Å². The molecule has 2 aromatic rings. The molecule has 5 nitrogen and oxygen atoms in total. The van der Waals surface area contributed by atoms with Crippen LogP contribution in [0, 0.1) is 0 Å². The van der Waals surface area contributed by atoms with E-state index in [9.17, 15) is 26.4 Å². The second kappa shape index (κ2) is 8.28. The summed E-state index contributed by atoms with van der Waals surface area (Å²) in [6.07, 6.45) is -4.51. The van der Waals surface area contributed by atoms with Crippen molar-refractivity contribution in [1.82, 2.24) is 4.31 Å². The van der Waals surface area contributed by atoms with Crippen molar-refractivity contribution in [2.75, 3.05) is 13.6 Å². The maximum absolute atomic E-state index is 12.7. The number of rotatable bonds is 6. The van der Waals surface area contributed by atoms with Crippen molar-refractivity contribution in [3.8, 4) is 0 Å². The third-order valence-electron chi connectivity index (χ3n) is 3.53. The maximum atomic E-state index is 12.7. The average molecular weight is 422 g/mol. The fourth-order valence-corrected chi connectivity index (χ4v) is 3.34. The number of nitrogens with zero attached hydrogens (tertiary/aromatic N) is 1. The lowest BCUT2D eigenvalue weighted by atomic mass is 10.1. The number of sulfonamides is 1. The lowest BCUT2D eigenvalue weighted by molar-refractivity contribution is -0.144. The molecular formula is C17H15ClF3NO4S. The minimum atomic E-state index is -4.51. The van der Waals surface area contributed by atoms with Gasteiger partial charge in [-0.1, -0.05) is 23.7 Å². The normalized spacial score (nSPS) is 12.2. The van der Waals surface area contributed by atoms with Gasteiger partial charge < -0.3 is 4.74 Å². The van der Waals surface area contributed by atoms with Gasteiger partial charge in [0.2, 0.25) is 10.0 Å². The predicted octanol–water partition coefficient (Wildman–Crippen LogP) is 3.72. The van der Waals surface area contributed by atoms with Crippen molar-refractivity contribution in [3.63, 3.8) is 0 Å². The zero-order valence-electron chi connectivity index (χ0n) is 14.0. The first-order chi connectivity index (χ1) is 12.5. The van der Waals surface area contributed by atoms with E-state index in [4.69, 9.17) is 16.3 Å². The van der Waals surface area contributed by atoms with Gasteiger partial charge in [-0.25, -0.2) is 8.42 Å². The van der Waals surface area contributed by atoms with Crippen LogP contribution in [-0.2, 0) is 32.3 Å². The number of hydrogen-bond acceptors (Lipinski definition) is 4. The van der Waals surface area contributed by atoms with Crippen molar-refractivity contribution in [3.05, 3.63) is 64.7 Å². The van der Waals surface area contributed by atoms with Gasteiger partial charge in [0.1, 0.15) is 13.2 Å². The molecule has 0 bridgehead atoms. The first kappa shape index (κ1) is 21.2. The summed E-state index contributed by atoms with van der Waals surface area (Å²) in [5.74, 6) is -0.896. The Balaban J connectivity index is 1.98. The van der Waals surface area contributed by atoms with E-state index < -0.39 is 40.9 Å². The Labute approximate surface area is 159 Å². The van der Waals surface area contributed by atoms with Crippen LogP contribution < -0.4 is 0 Å². The molecule has 0 unspecified atom stereocenters. The van der Waals surface area contributed by atoms with Crippen LogP contribution in [0.5, 0.6) is 0 Å². The minimum Gasteiger partial charge on any atom is -0.460 e. The molecule has 0 aliphatic heterocycles. The highest BCUT2D eigenvalue weighted by Gasteiger charge is 2.30. The third-order valence-corrected chi connectivity index (χ3v) is 5.60. The first-order valence-corrected chi connectivity index (χ1v) is 9.35. The quantitative estimate of drug-likeness (QED) is 0.667. The van der Waals surface area contributed by atoms with Gasteiger partial charge >= 0.3 is 12.1 Å². The van der Waals surface area contributed by atoms with E-state index in [1.807, 2.05) is 0 Å². The summed E-state index contributed by atoms with van der Waals surface area (Å²) < 4.78 is 68.4. The monoisotopic (exact) mass is 421 g/mol. The van der Waals surface area contributed by atoms with Crippen LogP contribution in [0.4, 0.5) is 13.2 Å².